The first kappa shape index (κ1) is 23.7. The molecular weight excluding hydrogens is 424 g/mol. The normalized spacial score (nSPS) is 11.0. The van der Waals surface area contributed by atoms with Gasteiger partial charge < -0.3 is 15.4 Å². The minimum Gasteiger partial charge on any atom is -0.383 e. The number of nitrogens with zero attached hydrogens (tertiary/aromatic N) is 2. The van der Waals surface area contributed by atoms with Crippen LogP contribution in [0.5, 0.6) is 0 Å². The smallest absolute Gasteiger partial charge is 0.330 e. The highest BCUT2D eigenvalue weighted by molar-refractivity contribution is 7.99. The molecule has 3 rings (SSSR count). The molecule has 3 aromatic rings. The van der Waals surface area contributed by atoms with Gasteiger partial charge in [0.05, 0.1) is 13.2 Å². The topological polar surface area (TPSA) is 93.3 Å². The number of aromatic amines is 1. The molecule has 32 heavy (non-hydrogen) atoms. The van der Waals surface area contributed by atoms with Gasteiger partial charge in [-0.25, -0.2) is 4.79 Å². The van der Waals surface area contributed by atoms with Crippen LogP contribution in [0.3, 0.4) is 0 Å². The molecule has 0 aliphatic carbocycles. The first-order valence-corrected chi connectivity index (χ1v) is 11.5. The molecule has 0 unspecified atom stereocenters. The number of thioether (sulfide) groups is 1. The van der Waals surface area contributed by atoms with Crippen LogP contribution in [0, 0.1) is 13.8 Å². The maximum atomic E-state index is 12.8. The summed E-state index contributed by atoms with van der Waals surface area (Å²) in [5.74, 6) is 0.911. The van der Waals surface area contributed by atoms with Crippen LogP contribution in [0.4, 0.5) is 11.5 Å². The molecule has 0 bridgehead atoms. The monoisotopic (exact) mass is 454 g/mol. The Bertz CT molecular complexity index is 1160. The van der Waals surface area contributed by atoms with Gasteiger partial charge in [-0.1, -0.05) is 36.4 Å². The summed E-state index contributed by atoms with van der Waals surface area (Å²) < 4.78 is 6.45. The van der Waals surface area contributed by atoms with Crippen molar-refractivity contribution in [2.45, 2.75) is 31.8 Å². The van der Waals surface area contributed by atoms with Gasteiger partial charge in [-0.15, -0.1) is 11.8 Å². The molecule has 7 nitrogen and oxygen atoms in total. The molecular formula is C24H30N4O3S. The Morgan fingerprint density at radius 1 is 1.09 bits per heavy atom. The molecule has 0 radical (unpaired) electrons. The summed E-state index contributed by atoms with van der Waals surface area (Å²) in [5.41, 5.74) is 9.21. The van der Waals surface area contributed by atoms with Crippen LogP contribution in [-0.4, -0.2) is 35.6 Å². The molecule has 0 spiro atoms. The van der Waals surface area contributed by atoms with E-state index >= 15 is 0 Å². The fourth-order valence-electron chi connectivity index (χ4n) is 3.44. The molecule has 0 aliphatic heterocycles. The standard InChI is InChI=1S/C24H30N4O3S/c1-17-9-10-20(15-18(17)2)32-14-12-27(16-19-7-5-4-6-8-19)21-22(25)28(11-13-31-3)24(30)26-23(21)29/h4-10,15H,11-14,16,25H2,1-3H3,(H,26,29,30). The van der Waals surface area contributed by atoms with Crippen molar-refractivity contribution in [2.75, 3.05) is 36.6 Å². The highest BCUT2D eigenvalue weighted by Gasteiger charge is 2.19. The number of ether oxygens (including phenoxy) is 1. The lowest BCUT2D eigenvalue weighted by Crippen LogP contribution is -2.39. The van der Waals surface area contributed by atoms with Crippen molar-refractivity contribution < 1.29 is 4.74 Å². The summed E-state index contributed by atoms with van der Waals surface area (Å²) in [6.07, 6.45) is 0. The Hall–Kier alpha value is -2.97. The zero-order chi connectivity index (χ0) is 23.1. The zero-order valence-electron chi connectivity index (χ0n) is 18.8. The maximum Gasteiger partial charge on any atom is 0.330 e. The second kappa shape index (κ2) is 11.1. The first-order valence-electron chi connectivity index (χ1n) is 10.5. The number of methoxy groups -OCH3 is 1. The predicted molar refractivity (Wildman–Crippen MR) is 132 cm³/mol. The van der Waals surface area contributed by atoms with Crippen LogP contribution < -0.4 is 21.9 Å². The molecule has 0 atom stereocenters. The number of benzene rings is 2. The second-order valence-corrected chi connectivity index (χ2v) is 8.81. The summed E-state index contributed by atoms with van der Waals surface area (Å²) >= 11 is 1.73. The number of nitrogens with two attached hydrogens (primary N) is 1. The number of hydrogen-bond donors (Lipinski definition) is 2. The Kier molecular flexibility index (Phi) is 8.19. The van der Waals surface area contributed by atoms with Crippen molar-refractivity contribution in [3.05, 3.63) is 86.1 Å². The molecule has 0 amide bonds. The third kappa shape index (κ3) is 5.83. The van der Waals surface area contributed by atoms with Gasteiger partial charge in [0, 0.05) is 30.8 Å². The Labute approximate surface area is 192 Å². The van der Waals surface area contributed by atoms with Crippen LogP contribution in [0.1, 0.15) is 16.7 Å². The first-order chi connectivity index (χ1) is 15.4. The van der Waals surface area contributed by atoms with Crippen LogP contribution in [0.2, 0.25) is 0 Å². The van der Waals surface area contributed by atoms with Gasteiger partial charge in [0.2, 0.25) is 0 Å². The lowest BCUT2D eigenvalue weighted by molar-refractivity contribution is 0.186. The zero-order valence-corrected chi connectivity index (χ0v) is 19.6. The van der Waals surface area contributed by atoms with E-state index < -0.39 is 11.2 Å². The lowest BCUT2D eigenvalue weighted by Gasteiger charge is -2.26. The van der Waals surface area contributed by atoms with E-state index in [1.807, 2.05) is 35.2 Å². The molecule has 0 aliphatic rings. The van der Waals surface area contributed by atoms with Gasteiger partial charge in [-0.2, -0.15) is 0 Å². The average Bonchev–Trinajstić information content (AvgIpc) is 2.76. The van der Waals surface area contributed by atoms with Crippen LogP contribution in [0.15, 0.2) is 63.0 Å². The Morgan fingerprint density at radius 2 is 1.84 bits per heavy atom. The number of nitrogens with one attached hydrogen (secondary N) is 1. The van der Waals surface area contributed by atoms with Crippen molar-refractivity contribution in [1.82, 2.24) is 9.55 Å². The van der Waals surface area contributed by atoms with Gasteiger partial charge >= 0.3 is 5.69 Å². The average molecular weight is 455 g/mol. The van der Waals surface area contributed by atoms with E-state index in [1.165, 1.54) is 20.6 Å². The van der Waals surface area contributed by atoms with Crippen molar-refractivity contribution in [3.8, 4) is 0 Å². The van der Waals surface area contributed by atoms with Gasteiger partial charge in [-0.05, 0) is 42.7 Å². The van der Waals surface area contributed by atoms with Gasteiger partial charge in [0.1, 0.15) is 11.5 Å². The van der Waals surface area contributed by atoms with E-state index in [-0.39, 0.29) is 12.4 Å². The molecule has 1 aromatic heterocycles. The minimum atomic E-state index is -0.530. The van der Waals surface area contributed by atoms with E-state index in [4.69, 9.17) is 10.5 Å². The van der Waals surface area contributed by atoms with Gasteiger partial charge in [0.15, 0.2) is 0 Å². The third-order valence-electron chi connectivity index (χ3n) is 5.37. The SMILES string of the molecule is COCCn1c(N)c(N(CCSc2ccc(C)c(C)c2)Cc2ccccc2)c(=O)[nH]c1=O. The second-order valence-electron chi connectivity index (χ2n) is 7.64. The molecule has 0 fully saturated rings. The molecule has 0 saturated carbocycles. The molecule has 3 N–H and O–H groups in total. The maximum absolute atomic E-state index is 12.8. The Morgan fingerprint density at radius 3 is 2.53 bits per heavy atom. The summed E-state index contributed by atoms with van der Waals surface area (Å²) in [6.45, 7) is 5.87. The van der Waals surface area contributed by atoms with Crippen molar-refractivity contribution >= 4 is 23.3 Å². The number of nitrogen functional groups attached to an aromatic ring is 1. The minimum absolute atomic E-state index is 0.155. The lowest BCUT2D eigenvalue weighted by atomic mass is 10.1. The molecule has 8 heteroatoms. The van der Waals surface area contributed by atoms with Crippen LogP contribution in [-0.2, 0) is 17.8 Å². The third-order valence-corrected chi connectivity index (χ3v) is 6.35. The molecule has 0 saturated heterocycles. The number of hydrogen-bond acceptors (Lipinski definition) is 6. The van der Waals surface area contributed by atoms with E-state index in [0.29, 0.717) is 25.4 Å². The number of rotatable bonds is 10. The van der Waals surface area contributed by atoms with E-state index in [9.17, 15) is 9.59 Å². The largest absolute Gasteiger partial charge is 0.383 e. The van der Waals surface area contributed by atoms with E-state index in [2.05, 4.69) is 37.0 Å². The number of aryl methyl sites for hydroxylation is 2. The fraction of sp³-hybridized carbons (Fsp3) is 0.333. The predicted octanol–water partition coefficient (Wildman–Crippen LogP) is 3.18. The van der Waals surface area contributed by atoms with Crippen molar-refractivity contribution in [1.29, 1.82) is 0 Å². The van der Waals surface area contributed by atoms with Gasteiger partial charge in [-0.3, -0.25) is 14.3 Å². The number of anilines is 2. The van der Waals surface area contributed by atoms with Gasteiger partial charge in [0.25, 0.3) is 5.56 Å². The van der Waals surface area contributed by atoms with Crippen molar-refractivity contribution in [2.24, 2.45) is 0 Å². The Balaban J connectivity index is 1.89. The summed E-state index contributed by atoms with van der Waals surface area (Å²) in [6, 6.07) is 16.3. The van der Waals surface area contributed by atoms with Crippen molar-refractivity contribution in [3.63, 3.8) is 0 Å². The summed E-state index contributed by atoms with van der Waals surface area (Å²) in [4.78, 5) is 30.7. The van der Waals surface area contributed by atoms with E-state index in [0.717, 1.165) is 11.3 Å². The summed E-state index contributed by atoms with van der Waals surface area (Å²) in [7, 11) is 1.56. The molecule has 170 valence electrons. The number of H-pyrrole nitrogens is 1. The molecule has 1 heterocycles. The highest BCUT2D eigenvalue weighted by atomic mass is 32.2. The quantitative estimate of drug-likeness (QED) is 0.457. The van der Waals surface area contributed by atoms with E-state index in [1.54, 1.807) is 18.9 Å². The molecule has 2 aromatic carbocycles. The van der Waals surface area contributed by atoms with Crippen LogP contribution >= 0.6 is 11.8 Å². The van der Waals surface area contributed by atoms with Crippen LogP contribution in [0.25, 0.3) is 0 Å². The summed E-state index contributed by atoms with van der Waals surface area (Å²) in [5, 5.41) is 0. The fourth-order valence-corrected chi connectivity index (χ4v) is 4.41. The highest BCUT2D eigenvalue weighted by Crippen LogP contribution is 2.24. The number of aromatic nitrogens is 2.